The van der Waals surface area contributed by atoms with Crippen molar-refractivity contribution in [1.29, 1.82) is 0 Å². The largest absolute Gasteiger partial charge is 0.336 e. The summed E-state index contributed by atoms with van der Waals surface area (Å²) in [6, 6.07) is 6.06. The number of rotatable bonds is 3. The van der Waals surface area contributed by atoms with Gasteiger partial charge in [-0.2, -0.15) is 15.0 Å². The zero-order chi connectivity index (χ0) is 20.9. The topological polar surface area (TPSA) is 80.0 Å². The van der Waals surface area contributed by atoms with Crippen LogP contribution in [0, 0.1) is 19.7 Å². The first-order valence-corrected chi connectivity index (χ1v) is 10.0. The van der Waals surface area contributed by atoms with Crippen LogP contribution in [0.5, 0.6) is 0 Å². The molecule has 5 rings (SSSR count). The summed E-state index contributed by atoms with van der Waals surface area (Å²) in [6.07, 6.45) is 4.86. The van der Waals surface area contributed by atoms with Crippen molar-refractivity contribution in [3.05, 3.63) is 59.4 Å². The Bertz CT molecular complexity index is 1100. The molecule has 1 atom stereocenters. The standard InChI is InChI=1S/C21H22FN7O/c1-14-11-15(2)26-20(25-14)28-10-6-21(28)5-9-27(13-21)19(30)17-12-16(22)3-4-18(17)29-23-7-8-24-29/h3-4,7-8,11-12H,5-6,9-10,13H2,1-2H3. The number of benzene rings is 1. The fourth-order valence-electron chi connectivity index (χ4n) is 4.50. The molecule has 2 saturated heterocycles. The summed E-state index contributed by atoms with van der Waals surface area (Å²) in [6.45, 7) is 5.95. The van der Waals surface area contributed by atoms with Crippen molar-refractivity contribution in [1.82, 2.24) is 29.9 Å². The minimum Gasteiger partial charge on any atom is -0.336 e. The van der Waals surface area contributed by atoms with E-state index in [4.69, 9.17) is 0 Å². The van der Waals surface area contributed by atoms with Crippen LogP contribution in [0.25, 0.3) is 5.69 Å². The van der Waals surface area contributed by atoms with Crippen molar-refractivity contribution in [2.24, 2.45) is 0 Å². The Balaban J connectivity index is 1.42. The summed E-state index contributed by atoms with van der Waals surface area (Å²) in [5.74, 6) is 0.0455. The van der Waals surface area contributed by atoms with Crippen LogP contribution in [0.2, 0.25) is 0 Å². The Labute approximate surface area is 173 Å². The molecule has 0 aliphatic carbocycles. The van der Waals surface area contributed by atoms with Gasteiger partial charge >= 0.3 is 0 Å². The van der Waals surface area contributed by atoms with Crippen LogP contribution >= 0.6 is 0 Å². The van der Waals surface area contributed by atoms with Gasteiger partial charge in [-0.05, 0) is 51.0 Å². The molecule has 0 N–H and O–H groups in total. The number of carbonyl (C=O) groups is 1. The van der Waals surface area contributed by atoms with E-state index in [1.54, 1.807) is 4.90 Å². The van der Waals surface area contributed by atoms with Gasteiger partial charge in [0.2, 0.25) is 5.95 Å². The van der Waals surface area contributed by atoms with Crippen molar-refractivity contribution in [2.75, 3.05) is 24.5 Å². The molecule has 30 heavy (non-hydrogen) atoms. The van der Waals surface area contributed by atoms with Crippen molar-refractivity contribution >= 4 is 11.9 Å². The number of halogens is 1. The highest BCUT2D eigenvalue weighted by molar-refractivity contribution is 5.98. The third-order valence-corrected chi connectivity index (χ3v) is 6.03. The van der Waals surface area contributed by atoms with E-state index in [0.717, 1.165) is 36.7 Å². The summed E-state index contributed by atoms with van der Waals surface area (Å²) < 4.78 is 14.0. The van der Waals surface area contributed by atoms with E-state index in [0.29, 0.717) is 18.8 Å². The lowest BCUT2D eigenvalue weighted by Crippen LogP contribution is -2.62. The van der Waals surface area contributed by atoms with Crippen LogP contribution in [0.3, 0.4) is 0 Å². The van der Waals surface area contributed by atoms with Gasteiger partial charge in [0.15, 0.2) is 0 Å². The van der Waals surface area contributed by atoms with Crippen LogP contribution < -0.4 is 4.90 Å². The van der Waals surface area contributed by atoms with Gasteiger partial charge in [0.25, 0.3) is 5.91 Å². The minimum atomic E-state index is -0.461. The first-order chi connectivity index (χ1) is 14.4. The quantitative estimate of drug-likeness (QED) is 0.663. The highest BCUT2D eigenvalue weighted by Crippen LogP contribution is 2.41. The fraction of sp³-hybridized carbons (Fsp3) is 0.381. The highest BCUT2D eigenvalue weighted by Gasteiger charge is 2.51. The molecule has 1 spiro atoms. The van der Waals surface area contributed by atoms with Gasteiger partial charge in [-0.25, -0.2) is 14.4 Å². The van der Waals surface area contributed by atoms with E-state index in [2.05, 4.69) is 25.1 Å². The van der Waals surface area contributed by atoms with Gasteiger partial charge in [0.05, 0.1) is 29.2 Å². The molecule has 8 nitrogen and oxygen atoms in total. The predicted molar refractivity (Wildman–Crippen MR) is 108 cm³/mol. The summed E-state index contributed by atoms with van der Waals surface area (Å²) in [7, 11) is 0. The van der Waals surface area contributed by atoms with E-state index in [9.17, 15) is 9.18 Å². The van der Waals surface area contributed by atoms with E-state index >= 15 is 0 Å². The van der Waals surface area contributed by atoms with Crippen molar-refractivity contribution in [3.63, 3.8) is 0 Å². The smallest absolute Gasteiger partial charge is 0.256 e. The number of aromatic nitrogens is 5. The van der Waals surface area contributed by atoms with E-state index in [1.165, 1.54) is 35.4 Å². The summed E-state index contributed by atoms with van der Waals surface area (Å²) in [4.78, 5) is 27.9. The van der Waals surface area contributed by atoms with Crippen LogP contribution in [0.15, 0.2) is 36.7 Å². The second-order valence-corrected chi connectivity index (χ2v) is 8.03. The lowest BCUT2D eigenvalue weighted by Gasteiger charge is -2.50. The van der Waals surface area contributed by atoms with Crippen molar-refractivity contribution in [3.8, 4) is 5.69 Å². The van der Waals surface area contributed by atoms with Gasteiger partial charge in [-0.3, -0.25) is 4.79 Å². The van der Waals surface area contributed by atoms with E-state index < -0.39 is 5.82 Å². The zero-order valence-corrected chi connectivity index (χ0v) is 16.9. The SMILES string of the molecule is Cc1cc(C)nc(N2CCC23CCN(C(=O)c2cc(F)ccc2-n2nccn2)C3)n1. The number of carbonyl (C=O) groups excluding carboxylic acids is 1. The fourth-order valence-corrected chi connectivity index (χ4v) is 4.50. The molecule has 2 fully saturated rings. The molecule has 1 unspecified atom stereocenters. The average Bonchev–Trinajstić information content (AvgIpc) is 3.37. The molecule has 0 radical (unpaired) electrons. The molecule has 0 saturated carbocycles. The summed E-state index contributed by atoms with van der Waals surface area (Å²) >= 11 is 0. The number of hydrogen-bond acceptors (Lipinski definition) is 6. The van der Waals surface area contributed by atoms with E-state index in [1.807, 2.05) is 19.9 Å². The first-order valence-electron chi connectivity index (χ1n) is 10.0. The minimum absolute atomic E-state index is 0.159. The first kappa shape index (κ1) is 18.7. The maximum atomic E-state index is 14.0. The molecule has 0 bridgehead atoms. The number of anilines is 1. The molecular weight excluding hydrogens is 385 g/mol. The summed E-state index contributed by atoms with van der Waals surface area (Å²) in [5, 5.41) is 8.20. The van der Waals surface area contributed by atoms with Crippen LogP contribution in [-0.4, -0.2) is 60.9 Å². The number of aryl methyl sites for hydroxylation is 2. The Morgan fingerprint density at radius 2 is 1.73 bits per heavy atom. The van der Waals surface area contributed by atoms with Crippen LogP contribution in [0.1, 0.15) is 34.6 Å². The molecule has 1 aromatic carbocycles. The molecule has 154 valence electrons. The molecule has 2 aromatic heterocycles. The number of hydrogen-bond donors (Lipinski definition) is 0. The highest BCUT2D eigenvalue weighted by atomic mass is 19.1. The lowest BCUT2D eigenvalue weighted by atomic mass is 9.84. The van der Waals surface area contributed by atoms with Gasteiger partial charge in [-0.15, -0.1) is 0 Å². The molecular formula is C21H22FN7O. The van der Waals surface area contributed by atoms with Gasteiger partial charge in [-0.1, -0.05) is 0 Å². The normalized spacial score (nSPS) is 20.6. The molecule has 4 heterocycles. The Kier molecular flexibility index (Phi) is 4.27. The maximum Gasteiger partial charge on any atom is 0.256 e. The predicted octanol–water partition coefficient (Wildman–Crippen LogP) is 2.31. The van der Waals surface area contributed by atoms with Crippen LogP contribution in [0.4, 0.5) is 10.3 Å². The third-order valence-electron chi connectivity index (χ3n) is 6.03. The Morgan fingerprint density at radius 3 is 2.40 bits per heavy atom. The third kappa shape index (κ3) is 3.01. The zero-order valence-electron chi connectivity index (χ0n) is 16.9. The lowest BCUT2D eigenvalue weighted by molar-refractivity contribution is 0.0775. The number of nitrogens with zero attached hydrogens (tertiary/aromatic N) is 7. The Hall–Kier alpha value is -3.36. The van der Waals surface area contributed by atoms with Gasteiger partial charge in [0.1, 0.15) is 5.82 Å². The molecule has 2 aliphatic rings. The second-order valence-electron chi connectivity index (χ2n) is 8.03. The number of amides is 1. The molecule has 9 heteroatoms. The molecule has 1 amide bonds. The summed E-state index contributed by atoms with van der Waals surface area (Å²) in [5.41, 5.74) is 2.43. The second kappa shape index (κ2) is 6.86. The van der Waals surface area contributed by atoms with E-state index in [-0.39, 0.29) is 17.0 Å². The Morgan fingerprint density at radius 1 is 1.03 bits per heavy atom. The molecule has 2 aliphatic heterocycles. The maximum absolute atomic E-state index is 14.0. The molecule has 3 aromatic rings. The van der Waals surface area contributed by atoms with Gasteiger partial charge in [0, 0.05) is 31.0 Å². The van der Waals surface area contributed by atoms with Crippen LogP contribution in [-0.2, 0) is 0 Å². The van der Waals surface area contributed by atoms with Crippen molar-refractivity contribution in [2.45, 2.75) is 32.2 Å². The van der Waals surface area contributed by atoms with Crippen molar-refractivity contribution < 1.29 is 9.18 Å². The monoisotopic (exact) mass is 407 g/mol. The average molecular weight is 407 g/mol. The van der Waals surface area contributed by atoms with Gasteiger partial charge < -0.3 is 9.80 Å². The number of likely N-dealkylation sites (tertiary alicyclic amines) is 1.